The number of halogens is 2. The molecule has 0 saturated heterocycles. The molecule has 1 atom stereocenters. The first-order valence-corrected chi connectivity index (χ1v) is 15.3. The van der Waals surface area contributed by atoms with Crippen molar-refractivity contribution in [3.8, 4) is 22.6 Å². The maximum Gasteiger partial charge on any atom is 0.333 e. The zero-order valence-electron chi connectivity index (χ0n) is 26.6. The molecule has 45 heavy (non-hydrogen) atoms. The van der Waals surface area contributed by atoms with Gasteiger partial charge in [0.1, 0.15) is 12.4 Å². The molecule has 0 heterocycles. The van der Waals surface area contributed by atoms with Gasteiger partial charge in [0.2, 0.25) is 0 Å². The van der Waals surface area contributed by atoms with Crippen LogP contribution < -0.4 is 9.47 Å². The van der Waals surface area contributed by atoms with E-state index in [1.807, 2.05) is 0 Å². The number of hydrogen-bond donors (Lipinski definition) is 2. The molecule has 0 aliphatic carbocycles. The Morgan fingerprint density at radius 2 is 1.42 bits per heavy atom. The lowest BCUT2D eigenvalue weighted by molar-refractivity contribution is -0.141. The van der Waals surface area contributed by atoms with Gasteiger partial charge in [-0.3, -0.25) is 0 Å². The van der Waals surface area contributed by atoms with Gasteiger partial charge >= 0.3 is 11.9 Å². The van der Waals surface area contributed by atoms with E-state index in [2.05, 4.69) is 20.1 Å². The van der Waals surface area contributed by atoms with E-state index in [4.69, 9.17) is 18.9 Å². The fraction of sp³-hybridized carbons (Fsp3) is 0.486. The Morgan fingerprint density at radius 1 is 0.800 bits per heavy atom. The van der Waals surface area contributed by atoms with Gasteiger partial charge in [-0.2, -0.15) is 0 Å². The van der Waals surface area contributed by atoms with E-state index in [9.17, 15) is 28.6 Å². The molecule has 1 unspecified atom stereocenters. The van der Waals surface area contributed by atoms with Crippen molar-refractivity contribution in [2.45, 2.75) is 84.3 Å². The number of aliphatic hydroxyl groups is 2. The molecule has 2 aromatic carbocycles. The zero-order valence-corrected chi connectivity index (χ0v) is 26.6. The lowest BCUT2D eigenvalue weighted by Gasteiger charge is -2.25. The lowest BCUT2D eigenvalue weighted by atomic mass is 9.95. The fourth-order valence-corrected chi connectivity index (χ4v) is 4.35. The van der Waals surface area contributed by atoms with Crippen LogP contribution in [0.1, 0.15) is 77.7 Å². The number of aliphatic hydroxyl groups excluding tert-OH is 1. The SMILES string of the molecule is C=C(C)C(=O)OCCC(O)(CO)CCCOc1ccc(-c2cc(F)c(OCCCCCCC)c(F)c2)cc1COC(=O)C(=C)C. The maximum absolute atomic E-state index is 14.9. The molecule has 248 valence electrons. The number of benzene rings is 2. The number of unbranched alkanes of at least 4 members (excludes halogenated alkanes) is 4. The molecule has 8 nitrogen and oxygen atoms in total. The number of carbonyl (C=O) groups excluding carboxylic acids is 2. The van der Waals surface area contributed by atoms with Gasteiger partial charge in [-0.05, 0) is 68.5 Å². The summed E-state index contributed by atoms with van der Waals surface area (Å²) >= 11 is 0. The third kappa shape index (κ3) is 12.6. The van der Waals surface area contributed by atoms with Gasteiger partial charge in [0.25, 0.3) is 0 Å². The van der Waals surface area contributed by atoms with Crippen molar-refractivity contribution in [3.05, 3.63) is 71.8 Å². The number of carbonyl (C=O) groups is 2. The second-order valence-corrected chi connectivity index (χ2v) is 11.2. The molecule has 0 aliphatic heterocycles. The van der Waals surface area contributed by atoms with Crippen LogP contribution in [-0.2, 0) is 25.7 Å². The first kappa shape index (κ1) is 37.4. The van der Waals surface area contributed by atoms with Crippen LogP contribution in [0.15, 0.2) is 54.6 Å². The van der Waals surface area contributed by atoms with Crippen LogP contribution in [0, 0.1) is 11.6 Å². The molecule has 0 fully saturated rings. The third-order valence-electron chi connectivity index (χ3n) is 7.08. The number of esters is 2. The van der Waals surface area contributed by atoms with Crippen molar-refractivity contribution in [2.75, 3.05) is 26.4 Å². The van der Waals surface area contributed by atoms with Crippen LogP contribution in [0.2, 0.25) is 0 Å². The van der Waals surface area contributed by atoms with Gasteiger partial charge in [-0.25, -0.2) is 18.4 Å². The van der Waals surface area contributed by atoms with Crippen molar-refractivity contribution in [1.82, 2.24) is 0 Å². The molecular formula is C35H46F2O8. The van der Waals surface area contributed by atoms with E-state index in [0.29, 0.717) is 29.7 Å². The van der Waals surface area contributed by atoms with E-state index in [1.54, 1.807) is 18.2 Å². The van der Waals surface area contributed by atoms with Crippen LogP contribution in [0.5, 0.6) is 11.5 Å². The molecular weight excluding hydrogens is 586 g/mol. The lowest BCUT2D eigenvalue weighted by Crippen LogP contribution is -2.35. The molecule has 0 radical (unpaired) electrons. The van der Waals surface area contributed by atoms with E-state index >= 15 is 0 Å². The molecule has 0 aromatic heterocycles. The van der Waals surface area contributed by atoms with Gasteiger partial charge in [0, 0.05) is 23.1 Å². The van der Waals surface area contributed by atoms with Crippen LogP contribution >= 0.6 is 0 Å². The van der Waals surface area contributed by atoms with Gasteiger partial charge in [-0.1, -0.05) is 51.8 Å². The predicted octanol–water partition coefficient (Wildman–Crippen LogP) is 6.99. The fourth-order valence-electron chi connectivity index (χ4n) is 4.35. The van der Waals surface area contributed by atoms with Crippen LogP contribution in [0.4, 0.5) is 8.78 Å². The molecule has 0 amide bonds. The van der Waals surface area contributed by atoms with Crippen LogP contribution in [-0.4, -0.2) is 54.2 Å². The first-order valence-electron chi connectivity index (χ1n) is 15.3. The van der Waals surface area contributed by atoms with Crippen LogP contribution in [0.3, 0.4) is 0 Å². The van der Waals surface area contributed by atoms with Gasteiger partial charge in [-0.15, -0.1) is 0 Å². The molecule has 10 heteroatoms. The second-order valence-electron chi connectivity index (χ2n) is 11.2. The molecule has 0 saturated carbocycles. The summed E-state index contributed by atoms with van der Waals surface area (Å²) in [5, 5.41) is 20.4. The topological polar surface area (TPSA) is 112 Å². The Bertz CT molecular complexity index is 1290. The summed E-state index contributed by atoms with van der Waals surface area (Å²) in [4.78, 5) is 23.6. The van der Waals surface area contributed by atoms with E-state index in [1.165, 1.54) is 26.0 Å². The smallest absolute Gasteiger partial charge is 0.333 e. The largest absolute Gasteiger partial charge is 0.493 e. The highest BCUT2D eigenvalue weighted by Gasteiger charge is 2.26. The van der Waals surface area contributed by atoms with Gasteiger partial charge in [0.15, 0.2) is 17.4 Å². The molecule has 2 aromatic rings. The highest BCUT2D eigenvalue weighted by atomic mass is 19.1. The standard InChI is InChI=1S/C35H46F2O8/c1-6-7-8-9-10-16-43-32-29(36)20-27(21-30(32)37)26-12-13-31(28(19-26)22-45-34(40)25(4)5)42-17-11-14-35(41,23-38)15-18-44-33(39)24(2)3/h12-13,19-21,38,41H,2,4,6-11,14-18,22-23H2,1,3,5H3. The predicted molar refractivity (Wildman–Crippen MR) is 168 cm³/mol. The second kappa shape index (κ2) is 18.9. The number of hydrogen-bond acceptors (Lipinski definition) is 8. The number of rotatable bonds is 21. The van der Waals surface area contributed by atoms with Crippen molar-refractivity contribution >= 4 is 11.9 Å². The monoisotopic (exact) mass is 632 g/mol. The molecule has 0 bridgehead atoms. The summed E-state index contributed by atoms with van der Waals surface area (Å²) in [5.74, 6) is -2.88. The average Bonchev–Trinajstić information content (AvgIpc) is 3.00. The van der Waals surface area contributed by atoms with Crippen LogP contribution in [0.25, 0.3) is 11.1 Å². The molecule has 0 spiro atoms. The summed E-state index contributed by atoms with van der Waals surface area (Å²) in [6, 6.07) is 7.23. The van der Waals surface area contributed by atoms with E-state index < -0.39 is 41.5 Å². The average molecular weight is 633 g/mol. The Hall–Kier alpha value is -3.76. The third-order valence-corrected chi connectivity index (χ3v) is 7.08. The minimum Gasteiger partial charge on any atom is -0.493 e. The van der Waals surface area contributed by atoms with E-state index in [-0.39, 0.29) is 56.0 Å². The van der Waals surface area contributed by atoms with Crippen molar-refractivity contribution in [3.63, 3.8) is 0 Å². The minimum absolute atomic E-state index is 0.0230. The molecule has 2 rings (SSSR count). The van der Waals surface area contributed by atoms with Crippen molar-refractivity contribution in [1.29, 1.82) is 0 Å². The number of ether oxygens (including phenoxy) is 4. The summed E-state index contributed by atoms with van der Waals surface area (Å²) < 4.78 is 51.4. The van der Waals surface area contributed by atoms with Gasteiger partial charge in [0.05, 0.1) is 32.0 Å². The highest BCUT2D eigenvalue weighted by molar-refractivity contribution is 5.87. The summed E-state index contributed by atoms with van der Waals surface area (Å²) in [5.41, 5.74) is 0.125. The quantitative estimate of drug-likeness (QED) is 0.0861. The van der Waals surface area contributed by atoms with Crippen molar-refractivity contribution < 1.29 is 47.5 Å². The van der Waals surface area contributed by atoms with Gasteiger partial charge < -0.3 is 29.2 Å². The van der Waals surface area contributed by atoms with E-state index in [0.717, 1.165) is 25.7 Å². The summed E-state index contributed by atoms with van der Waals surface area (Å²) in [7, 11) is 0. The Labute approximate surface area is 264 Å². The Balaban J connectivity index is 2.13. The highest BCUT2D eigenvalue weighted by Crippen LogP contribution is 2.32. The normalized spacial score (nSPS) is 12.2. The van der Waals surface area contributed by atoms with Crippen molar-refractivity contribution in [2.24, 2.45) is 0 Å². The summed E-state index contributed by atoms with van der Waals surface area (Å²) in [6.07, 6.45) is 5.40. The Morgan fingerprint density at radius 3 is 2.04 bits per heavy atom. The maximum atomic E-state index is 14.9. The molecule has 0 aliphatic rings. The minimum atomic E-state index is -1.48. The zero-order chi connectivity index (χ0) is 33.4. The molecule has 2 N–H and O–H groups in total. The first-order chi connectivity index (χ1) is 21.4. The summed E-state index contributed by atoms with van der Waals surface area (Å²) in [6.45, 7) is 11.7. The Kier molecular flexibility index (Phi) is 15.7.